The molecule has 96 valence electrons. The first-order valence-corrected chi connectivity index (χ1v) is 6.79. The van der Waals surface area contributed by atoms with Gasteiger partial charge in [-0.05, 0) is 69.5 Å². The Morgan fingerprint density at radius 3 is 2.72 bits per heavy atom. The highest BCUT2D eigenvalue weighted by Gasteiger charge is 2.32. The summed E-state index contributed by atoms with van der Waals surface area (Å²) >= 11 is 0. The van der Waals surface area contributed by atoms with Crippen LogP contribution in [0, 0.1) is 19.8 Å². The van der Waals surface area contributed by atoms with E-state index in [1.807, 2.05) is 13.4 Å². The minimum atomic E-state index is 0.629. The van der Waals surface area contributed by atoms with Gasteiger partial charge in [0.25, 0.3) is 0 Å². The average Bonchev–Trinajstić information content (AvgIpc) is 2.69. The first-order chi connectivity index (χ1) is 8.70. The molecule has 0 spiro atoms. The molecule has 0 radical (unpaired) electrons. The van der Waals surface area contributed by atoms with Gasteiger partial charge in [-0.2, -0.15) is 0 Å². The smallest absolute Gasteiger partial charge is 0.0961 e. The average molecular weight is 243 g/mol. The number of aryl methyl sites for hydroxylation is 2. The highest BCUT2D eigenvalue weighted by atomic mass is 15.1. The summed E-state index contributed by atoms with van der Waals surface area (Å²) in [5.74, 6) is 0.758. The monoisotopic (exact) mass is 243 g/mol. The highest BCUT2D eigenvalue weighted by Crippen LogP contribution is 2.39. The Morgan fingerprint density at radius 2 is 2.06 bits per heavy atom. The van der Waals surface area contributed by atoms with E-state index in [0.29, 0.717) is 6.04 Å². The summed E-state index contributed by atoms with van der Waals surface area (Å²) in [7, 11) is 2.04. The lowest BCUT2D eigenvalue weighted by Crippen LogP contribution is -2.35. The lowest BCUT2D eigenvalue weighted by Gasteiger charge is -2.37. The van der Waals surface area contributed by atoms with Crippen LogP contribution in [0.15, 0.2) is 18.5 Å². The van der Waals surface area contributed by atoms with Crippen LogP contribution >= 0.6 is 0 Å². The van der Waals surface area contributed by atoms with Crippen molar-refractivity contribution in [2.75, 3.05) is 13.6 Å². The number of aromatic nitrogens is 2. The minimum Gasteiger partial charge on any atom is -0.327 e. The molecule has 1 fully saturated rings. The Hall–Kier alpha value is -1.35. The lowest BCUT2D eigenvalue weighted by atomic mass is 9.79. The maximum Gasteiger partial charge on any atom is 0.0961 e. The van der Waals surface area contributed by atoms with E-state index in [0.717, 1.165) is 18.0 Å². The van der Waals surface area contributed by atoms with Gasteiger partial charge in [-0.1, -0.05) is 0 Å². The van der Waals surface area contributed by atoms with Crippen molar-refractivity contribution in [1.82, 2.24) is 14.9 Å². The molecule has 2 unspecified atom stereocenters. The number of nitrogens with zero attached hydrogens (tertiary/aromatic N) is 2. The van der Waals surface area contributed by atoms with E-state index in [1.54, 1.807) is 0 Å². The molecule has 0 amide bonds. The van der Waals surface area contributed by atoms with E-state index in [9.17, 15) is 0 Å². The van der Waals surface area contributed by atoms with Crippen LogP contribution in [0.2, 0.25) is 0 Å². The Labute approximate surface area is 108 Å². The van der Waals surface area contributed by atoms with Crippen LogP contribution in [0.5, 0.6) is 0 Å². The van der Waals surface area contributed by atoms with Gasteiger partial charge in [0.15, 0.2) is 0 Å². The third kappa shape index (κ3) is 1.74. The Balaban J connectivity index is 2.00. The van der Waals surface area contributed by atoms with E-state index in [2.05, 4.69) is 40.8 Å². The molecule has 1 aromatic carbocycles. The van der Waals surface area contributed by atoms with Gasteiger partial charge in [-0.25, -0.2) is 4.98 Å². The topological polar surface area (TPSA) is 29.9 Å². The summed E-state index contributed by atoms with van der Waals surface area (Å²) in [6, 6.07) is 5.11. The second-order valence-corrected chi connectivity index (χ2v) is 5.54. The van der Waals surface area contributed by atoms with Crippen LogP contribution in [0.25, 0.3) is 11.0 Å². The minimum absolute atomic E-state index is 0.629. The van der Waals surface area contributed by atoms with Gasteiger partial charge in [0.1, 0.15) is 0 Å². The van der Waals surface area contributed by atoms with Crippen molar-refractivity contribution in [2.24, 2.45) is 5.92 Å². The molecule has 1 saturated carbocycles. The molecule has 3 rings (SSSR count). The summed E-state index contributed by atoms with van der Waals surface area (Å²) < 4.78 is 2.38. The highest BCUT2D eigenvalue weighted by molar-refractivity contribution is 5.77. The lowest BCUT2D eigenvalue weighted by molar-refractivity contribution is 0.184. The van der Waals surface area contributed by atoms with E-state index < -0.39 is 0 Å². The largest absolute Gasteiger partial charge is 0.327 e. The molecule has 3 heteroatoms. The van der Waals surface area contributed by atoms with E-state index in [4.69, 9.17) is 0 Å². The van der Waals surface area contributed by atoms with Gasteiger partial charge >= 0.3 is 0 Å². The normalized spacial score (nSPS) is 23.3. The SMILES string of the molecule is CNCC1CCC1n1cnc2cc(C)c(C)cc21. The van der Waals surface area contributed by atoms with Crippen LogP contribution in [0.4, 0.5) is 0 Å². The zero-order chi connectivity index (χ0) is 12.7. The summed E-state index contributed by atoms with van der Waals surface area (Å²) in [5.41, 5.74) is 5.11. The molecule has 0 aliphatic heterocycles. The first kappa shape index (κ1) is 11.7. The molecular formula is C15H21N3. The van der Waals surface area contributed by atoms with E-state index in [1.165, 1.54) is 29.5 Å². The van der Waals surface area contributed by atoms with Crippen molar-refractivity contribution in [3.8, 4) is 0 Å². The number of imidazole rings is 1. The third-order valence-corrected chi connectivity index (χ3v) is 4.39. The van der Waals surface area contributed by atoms with Gasteiger partial charge in [0.05, 0.1) is 17.4 Å². The zero-order valence-electron chi connectivity index (χ0n) is 11.4. The van der Waals surface area contributed by atoms with Crippen molar-refractivity contribution < 1.29 is 0 Å². The van der Waals surface area contributed by atoms with E-state index >= 15 is 0 Å². The second kappa shape index (κ2) is 4.39. The molecule has 2 atom stereocenters. The number of hydrogen-bond donors (Lipinski definition) is 1. The van der Waals surface area contributed by atoms with Crippen LogP contribution < -0.4 is 5.32 Å². The predicted octanol–water partition coefficient (Wildman–Crippen LogP) is 2.82. The third-order valence-electron chi connectivity index (χ3n) is 4.39. The standard InChI is InChI=1S/C15H21N3/c1-10-6-13-15(7-11(10)2)18(9-17-13)14-5-4-12(14)8-16-3/h6-7,9,12,14,16H,4-5,8H2,1-3H3. The summed E-state index contributed by atoms with van der Waals surface area (Å²) in [6.07, 6.45) is 4.64. The van der Waals surface area contributed by atoms with Crippen molar-refractivity contribution >= 4 is 11.0 Å². The number of fused-ring (bicyclic) bond motifs is 1. The summed E-state index contributed by atoms with van der Waals surface area (Å²) in [6.45, 7) is 5.44. The Morgan fingerprint density at radius 1 is 1.28 bits per heavy atom. The molecule has 2 aromatic rings. The van der Waals surface area contributed by atoms with E-state index in [-0.39, 0.29) is 0 Å². The van der Waals surface area contributed by atoms with Gasteiger partial charge in [-0.3, -0.25) is 0 Å². The van der Waals surface area contributed by atoms with Crippen molar-refractivity contribution in [3.63, 3.8) is 0 Å². The number of rotatable bonds is 3. The predicted molar refractivity (Wildman–Crippen MR) is 74.9 cm³/mol. The van der Waals surface area contributed by atoms with Crippen LogP contribution in [-0.2, 0) is 0 Å². The zero-order valence-corrected chi connectivity index (χ0v) is 11.4. The molecule has 3 nitrogen and oxygen atoms in total. The van der Waals surface area contributed by atoms with Crippen LogP contribution in [-0.4, -0.2) is 23.1 Å². The van der Waals surface area contributed by atoms with Crippen molar-refractivity contribution in [2.45, 2.75) is 32.7 Å². The molecule has 1 aromatic heterocycles. The van der Waals surface area contributed by atoms with Gasteiger partial charge < -0.3 is 9.88 Å². The van der Waals surface area contributed by atoms with Gasteiger partial charge in [0, 0.05) is 6.04 Å². The van der Waals surface area contributed by atoms with Gasteiger partial charge in [0.2, 0.25) is 0 Å². The van der Waals surface area contributed by atoms with Crippen molar-refractivity contribution in [3.05, 3.63) is 29.6 Å². The fourth-order valence-corrected chi connectivity index (χ4v) is 2.96. The number of hydrogen-bond acceptors (Lipinski definition) is 2. The Bertz CT molecular complexity index is 570. The molecule has 1 aliphatic rings. The fourth-order valence-electron chi connectivity index (χ4n) is 2.96. The Kier molecular flexibility index (Phi) is 2.86. The molecular weight excluding hydrogens is 222 g/mol. The maximum atomic E-state index is 4.56. The molecule has 0 bridgehead atoms. The molecule has 18 heavy (non-hydrogen) atoms. The maximum absolute atomic E-state index is 4.56. The summed E-state index contributed by atoms with van der Waals surface area (Å²) in [5, 5.41) is 3.30. The molecule has 1 aliphatic carbocycles. The summed E-state index contributed by atoms with van der Waals surface area (Å²) in [4.78, 5) is 4.56. The van der Waals surface area contributed by atoms with Gasteiger partial charge in [-0.15, -0.1) is 0 Å². The van der Waals surface area contributed by atoms with Crippen LogP contribution in [0.3, 0.4) is 0 Å². The fraction of sp³-hybridized carbons (Fsp3) is 0.533. The number of benzene rings is 1. The van der Waals surface area contributed by atoms with Crippen LogP contribution in [0.1, 0.15) is 30.0 Å². The second-order valence-electron chi connectivity index (χ2n) is 5.54. The molecule has 0 saturated heterocycles. The van der Waals surface area contributed by atoms with Crippen molar-refractivity contribution in [1.29, 1.82) is 0 Å². The molecule has 1 N–H and O–H groups in total. The first-order valence-electron chi connectivity index (χ1n) is 6.79. The number of nitrogens with one attached hydrogen (secondary N) is 1. The quantitative estimate of drug-likeness (QED) is 0.898. The molecule has 1 heterocycles.